The minimum absolute atomic E-state index is 0.168. The molecule has 4 rings (SSSR count). The summed E-state index contributed by atoms with van der Waals surface area (Å²) in [5.41, 5.74) is 1.23. The van der Waals surface area contributed by atoms with Crippen molar-refractivity contribution >= 4 is 18.2 Å². The van der Waals surface area contributed by atoms with Gasteiger partial charge in [0.2, 0.25) is 0 Å². The van der Waals surface area contributed by atoms with Gasteiger partial charge < -0.3 is 13.7 Å². The Morgan fingerprint density at radius 2 is 1.73 bits per heavy atom. The molecule has 0 amide bonds. The van der Waals surface area contributed by atoms with Crippen LogP contribution in [0.3, 0.4) is 0 Å². The maximum atomic E-state index is 6.20. The van der Waals surface area contributed by atoms with Gasteiger partial charge in [0.05, 0.1) is 11.2 Å². The molecule has 0 bridgehead atoms. The zero-order valence-electron chi connectivity index (χ0n) is 13.6. The highest BCUT2D eigenvalue weighted by Gasteiger charge is 2.57. The average molecular weight is 299 g/mol. The highest BCUT2D eigenvalue weighted by Crippen LogP contribution is 2.53. The van der Waals surface area contributed by atoms with Gasteiger partial charge >= 0.3 is 7.12 Å². The van der Waals surface area contributed by atoms with E-state index in [9.17, 15) is 0 Å². The zero-order valence-corrected chi connectivity index (χ0v) is 13.6. The summed E-state index contributed by atoms with van der Waals surface area (Å²) in [5, 5.41) is 0. The highest BCUT2D eigenvalue weighted by atomic mass is 16.7. The molecule has 1 saturated heterocycles. The Morgan fingerprint density at radius 1 is 1.05 bits per heavy atom. The molecular formula is C17H22BNO3. The molecule has 116 valence electrons. The molecule has 4 nitrogen and oxygen atoms in total. The van der Waals surface area contributed by atoms with Gasteiger partial charge in [-0.2, -0.15) is 0 Å². The predicted molar refractivity (Wildman–Crippen MR) is 85.8 cm³/mol. The fourth-order valence-electron chi connectivity index (χ4n) is 3.27. The fraction of sp³-hybridized carbons (Fsp3) is 0.588. The van der Waals surface area contributed by atoms with Crippen LogP contribution in [0.5, 0.6) is 0 Å². The summed E-state index contributed by atoms with van der Waals surface area (Å²) in [6.07, 6.45) is 2.18. The molecule has 2 heterocycles. The molecule has 1 aliphatic carbocycles. The number of nitrogens with zero attached hydrogens (tertiary/aromatic N) is 1. The van der Waals surface area contributed by atoms with Crippen LogP contribution in [-0.4, -0.2) is 23.3 Å². The van der Waals surface area contributed by atoms with Crippen LogP contribution in [0.2, 0.25) is 5.82 Å². The molecule has 5 heteroatoms. The second-order valence-corrected chi connectivity index (χ2v) is 7.49. The Kier molecular flexibility index (Phi) is 2.98. The first kappa shape index (κ1) is 14.3. The zero-order chi connectivity index (χ0) is 15.5. The summed E-state index contributed by atoms with van der Waals surface area (Å²) >= 11 is 0. The second kappa shape index (κ2) is 4.59. The van der Waals surface area contributed by atoms with Gasteiger partial charge in [-0.1, -0.05) is 18.6 Å². The van der Waals surface area contributed by atoms with Crippen LogP contribution >= 0.6 is 0 Å². The van der Waals surface area contributed by atoms with E-state index < -0.39 is 0 Å². The first-order valence-electron chi connectivity index (χ1n) is 8.08. The topological polar surface area (TPSA) is 44.5 Å². The van der Waals surface area contributed by atoms with Crippen LogP contribution in [-0.2, 0) is 9.31 Å². The van der Waals surface area contributed by atoms with Crippen LogP contribution in [0.15, 0.2) is 28.7 Å². The summed E-state index contributed by atoms with van der Waals surface area (Å²) in [5.74, 6) is 1.45. The van der Waals surface area contributed by atoms with Gasteiger partial charge in [0.1, 0.15) is 5.52 Å². The number of oxazole rings is 1. The summed E-state index contributed by atoms with van der Waals surface area (Å²) < 4.78 is 18.3. The van der Waals surface area contributed by atoms with Crippen molar-refractivity contribution in [3.8, 4) is 0 Å². The van der Waals surface area contributed by atoms with E-state index >= 15 is 0 Å². The molecule has 22 heavy (non-hydrogen) atoms. The maximum Gasteiger partial charge on any atom is 0.461 e. The number of benzene rings is 1. The van der Waals surface area contributed by atoms with Crippen molar-refractivity contribution in [2.75, 3.05) is 0 Å². The van der Waals surface area contributed by atoms with Gasteiger partial charge in [0.25, 0.3) is 0 Å². The molecule has 0 radical (unpaired) electrons. The third-order valence-electron chi connectivity index (χ3n) is 5.58. The SMILES string of the molecule is CC1(C)OB([C@H]2CC[C@H]2c2nc3ccccc3o2)OC1(C)C. The van der Waals surface area contributed by atoms with E-state index in [2.05, 4.69) is 32.7 Å². The van der Waals surface area contributed by atoms with E-state index in [1.54, 1.807) is 0 Å². The van der Waals surface area contributed by atoms with Gasteiger partial charge in [-0.15, -0.1) is 0 Å². The molecular weight excluding hydrogens is 277 g/mol. The lowest BCUT2D eigenvalue weighted by atomic mass is 9.54. The van der Waals surface area contributed by atoms with E-state index in [0.717, 1.165) is 29.8 Å². The van der Waals surface area contributed by atoms with E-state index in [4.69, 9.17) is 13.7 Å². The van der Waals surface area contributed by atoms with Crippen molar-refractivity contribution in [3.63, 3.8) is 0 Å². The van der Waals surface area contributed by atoms with Crippen molar-refractivity contribution in [3.05, 3.63) is 30.2 Å². The van der Waals surface area contributed by atoms with Gasteiger partial charge in [-0.3, -0.25) is 0 Å². The van der Waals surface area contributed by atoms with Gasteiger partial charge in [0, 0.05) is 11.7 Å². The Morgan fingerprint density at radius 3 is 2.32 bits per heavy atom. The smallest absolute Gasteiger partial charge is 0.440 e. The van der Waals surface area contributed by atoms with Crippen LogP contribution in [0.1, 0.15) is 52.3 Å². The number of aromatic nitrogens is 1. The third kappa shape index (κ3) is 2.03. The number of fused-ring (bicyclic) bond motifs is 1. The van der Waals surface area contributed by atoms with Gasteiger partial charge in [0.15, 0.2) is 11.5 Å². The predicted octanol–water partition coefficient (Wildman–Crippen LogP) is 4.17. The Bertz CT molecular complexity index is 660. The second-order valence-electron chi connectivity index (χ2n) is 7.49. The summed E-state index contributed by atoms with van der Waals surface area (Å²) in [4.78, 5) is 4.65. The Balaban J connectivity index is 1.58. The largest absolute Gasteiger partial charge is 0.461 e. The van der Waals surface area contributed by atoms with Crippen LogP contribution in [0, 0.1) is 0 Å². The van der Waals surface area contributed by atoms with E-state index in [1.807, 2.05) is 24.3 Å². The van der Waals surface area contributed by atoms with E-state index in [1.165, 1.54) is 0 Å². The number of para-hydroxylation sites is 2. The van der Waals surface area contributed by atoms with Gasteiger partial charge in [-0.05, 0) is 46.2 Å². The molecule has 1 aromatic heterocycles. The quantitative estimate of drug-likeness (QED) is 0.781. The lowest BCUT2D eigenvalue weighted by Gasteiger charge is -2.35. The molecule has 0 unspecified atom stereocenters. The summed E-state index contributed by atoms with van der Waals surface area (Å²) in [6.45, 7) is 8.39. The van der Waals surface area contributed by atoms with Crippen molar-refractivity contribution in [2.24, 2.45) is 0 Å². The fourth-order valence-corrected chi connectivity index (χ4v) is 3.27. The maximum absolute atomic E-state index is 6.20. The summed E-state index contributed by atoms with van der Waals surface area (Å²) in [6, 6.07) is 7.92. The highest BCUT2D eigenvalue weighted by molar-refractivity contribution is 6.48. The lowest BCUT2D eigenvalue weighted by molar-refractivity contribution is 0.00578. The van der Waals surface area contributed by atoms with Gasteiger partial charge in [-0.25, -0.2) is 4.98 Å². The van der Waals surface area contributed by atoms with Crippen molar-refractivity contribution in [1.29, 1.82) is 0 Å². The molecule has 0 spiro atoms. The van der Waals surface area contributed by atoms with Crippen molar-refractivity contribution in [2.45, 2.75) is 63.5 Å². The first-order valence-corrected chi connectivity index (χ1v) is 8.08. The number of rotatable bonds is 2. The standard InChI is InChI=1S/C17H22BNO3/c1-16(2)17(3,4)22-18(21-16)12-10-9-11(12)15-19-13-7-5-6-8-14(13)20-15/h5-8,11-12H,9-10H2,1-4H3/t11-,12+/m1/s1. The van der Waals surface area contributed by atoms with E-state index in [0.29, 0.717) is 11.7 Å². The third-order valence-corrected chi connectivity index (χ3v) is 5.58. The van der Waals surface area contributed by atoms with Crippen molar-refractivity contribution in [1.82, 2.24) is 4.98 Å². The van der Waals surface area contributed by atoms with Crippen LogP contribution in [0.4, 0.5) is 0 Å². The summed E-state index contributed by atoms with van der Waals surface area (Å²) in [7, 11) is -0.168. The van der Waals surface area contributed by atoms with E-state index in [-0.39, 0.29) is 18.3 Å². The molecule has 0 N–H and O–H groups in total. The monoisotopic (exact) mass is 299 g/mol. The molecule has 1 aromatic carbocycles. The molecule has 2 atom stereocenters. The molecule has 2 fully saturated rings. The van der Waals surface area contributed by atoms with Crippen LogP contribution < -0.4 is 0 Å². The molecule has 2 aliphatic rings. The van der Waals surface area contributed by atoms with Crippen molar-refractivity contribution < 1.29 is 13.7 Å². The minimum Gasteiger partial charge on any atom is -0.440 e. The lowest BCUT2D eigenvalue weighted by Crippen LogP contribution is -2.41. The molecule has 2 aromatic rings. The normalized spacial score (nSPS) is 29.7. The average Bonchev–Trinajstić information content (AvgIpc) is 2.86. The number of hydrogen-bond donors (Lipinski definition) is 0. The Hall–Kier alpha value is -1.33. The molecule has 1 aliphatic heterocycles. The number of hydrogen-bond acceptors (Lipinski definition) is 4. The first-order chi connectivity index (χ1) is 10.4. The minimum atomic E-state index is -0.279. The van der Waals surface area contributed by atoms with Crippen LogP contribution in [0.25, 0.3) is 11.1 Å². The molecule has 1 saturated carbocycles. The Labute approximate surface area is 131 Å².